The number of halogens is 2. The van der Waals surface area contributed by atoms with Crippen molar-refractivity contribution in [3.8, 4) is 17.2 Å². The highest BCUT2D eigenvalue weighted by Gasteiger charge is 2.17. The van der Waals surface area contributed by atoms with Gasteiger partial charge in [-0.3, -0.25) is 4.79 Å². The van der Waals surface area contributed by atoms with Crippen LogP contribution in [-0.2, 0) is 14.3 Å². The Hall–Kier alpha value is -2.45. The lowest BCUT2D eigenvalue weighted by molar-refractivity contribution is -0.150. The maximum Gasteiger partial charge on any atom is 0.344 e. The van der Waals surface area contributed by atoms with Crippen molar-refractivity contribution in [3.05, 3.63) is 51.5 Å². The number of benzene rings is 2. The van der Waals surface area contributed by atoms with Crippen molar-refractivity contribution in [1.29, 1.82) is 0 Å². The van der Waals surface area contributed by atoms with Crippen LogP contribution in [0.3, 0.4) is 0 Å². The lowest BCUT2D eigenvalue weighted by Crippen LogP contribution is -2.32. The summed E-state index contributed by atoms with van der Waals surface area (Å²) >= 11 is 9.14. The Balaban J connectivity index is 1.43. The number of hydrogen-bond acceptors (Lipinski definition) is 6. The molecule has 0 aromatic heterocycles. The first-order valence-electron chi connectivity index (χ1n) is 8.85. The predicted octanol–water partition coefficient (Wildman–Crippen LogP) is 3.67. The molecule has 1 aliphatic heterocycles. The molecular formula is C20H19BrClNO6. The number of carbonyl (C=O) groups is 2. The Bertz CT molecular complexity index is 907. The molecule has 0 aliphatic carbocycles. The first-order chi connectivity index (χ1) is 13.9. The summed E-state index contributed by atoms with van der Waals surface area (Å²) in [4.78, 5) is 23.9. The number of amides is 1. The zero-order valence-corrected chi connectivity index (χ0v) is 17.9. The van der Waals surface area contributed by atoms with Crippen LogP contribution in [0.2, 0.25) is 5.02 Å². The van der Waals surface area contributed by atoms with E-state index in [0.717, 1.165) is 5.56 Å². The van der Waals surface area contributed by atoms with Crippen molar-refractivity contribution in [2.24, 2.45) is 0 Å². The molecule has 0 saturated heterocycles. The summed E-state index contributed by atoms with van der Waals surface area (Å²) in [5.41, 5.74) is 0.852. The minimum atomic E-state index is -0.658. The third-order valence-corrected chi connectivity index (χ3v) is 4.90. The van der Waals surface area contributed by atoms with Gasteiger partial charge in [0.05, 0.1) is 10.5 Å². The van der Waals surface area contributed by atoms with Gasteiger partial charge in [-0.15, -0.1) is 0 Å². The van der Waals surface area contributed by atoms with E-state index in [2.05, 4.69) is 21.2 Å². The Labute approximate surface area is 181 Å². The molecule has 1 heterocycles. The van der Waals surface area contributed by atoms with E-state index in [1.807, 2.05) is 19.1 Å². The van der Waals surface area contributed by atoms with Gasteiger partial charge < -0.3 is 24.3 Å². The third kappa shape index (κ3) is 6.01. The van der Waals surface area contributed by atoms with Crippen LogP contribution < -0.4 is 19.5 Å². The van der Waals surface area contributed by atoms with E-state index < -0.39 is 18.5 Å². The summed E-state index contributed by atoms with van der Waals surface area (Å²) in [6.07, 6.45) is 0. The Morgan fingerprint density at radius 1 is 1.14 bits per heavy atom. The first-order valence-corrected chi connectivity index (χ1v) is 10.0. The van der Waals surface area contributed by atoms with Gasteiger partial charge in [-0.2, -0.15) is 0 Å². The molecule has 9 heteroatoms. The molecule has 1 N–H and O–H groups in total. The number of rotatable bonds is 7. The van der Waals surface area contributed by atoms with E-state index in [-0.39, 0.29) is 12.6 Å². The molecule has 3 rings (SSSR count). The quantitative estimate of drug-likeness (QED) is 0.604. The third-order valence-electron chi connectivity index (χ3n) is 4.05. The topological polar surface area (TPSA) is 83.1 Å². The van der Waals surface area contributed by atoms with Gasteiger partial charge in [-0.1, -0.05) is 17.7 Å². The molecule has 0 spiro atoms. The second-order valence-electron chi connectivity index (χ2n) is 6.22. The molecule has 29 heavy (non-hydrogen) atoms. The van der Waals surface area contributed by atoms with Crippen molar-refractivity contribution >= 4 is 39.4 Å². The van der Waals surface area contributed by atoms with Crippen molar-refractivity contribution in [1.82, 2.24) is 5.32 Å². The lowest BCUT2D eigenvalue weighted by Gasteiger charge is -2.21. The SMILES string of the molecule is CC(NC(=O)COC(=O)COc1ccc(Cl)cc1Br)c1ccc2c(c1)OCCO2. The van der Waals surface area contributed by atoms with Crippen LogP contribution in [0.4, 0.5) is 0 Å². The fraction of sp³-hybridized carbons (Fsp3) is 0.300. The van der Waals surface area contributed by atoms with Crippen molar-refractivity contribution in [2.75, 3.05) is 26.4 Å². The van der Waals surface area contributed by atoms with Gasteiger partial charge in [0, 0.05) is 5.02 Å². The normalized spacial score (nSPS) is 13.3. The van der Waals surface area contributed by atoms with E-state index in [9.17, 15) is 9.59 Å². The molecule has 2 aromatic rings. The predicted molar refractivity (Wildman–Crippen MR) is 110 cm³/mol. The summed E-state index contributed by atoms with van der Waals surface area (Å²) in [6, 6.07) is 10.1. The van der Waals surface area contributed by atoms with E-state index in [0.29, 0.717) is 40.0 Å². The van der Waals surface area contributed by atoms with Crippen LogP contribution in [0.5, 0.6) is 17.2 Å². The summed E-state index contributed by atoms with van der Waals surface area (Å²) in [5, 5.41) is 3.31. The molecule has 0 saturated carbocycles. The maximum atomic E-state index is 12.1. The molecule has 2 aromatic carbocycles. The highest BCUT2D eigenvalue weighted by atomic mass is 79.9. The lowest BCUT2D eigenvalue weighted by atomic mass is 10.1. The number of carbonyl (C=O) groups excluding carboxylic acids is 2. The highest BCUT2D eigenvalue weighted by molar-refractivity contribution is 9.10. The maximum absolute atomic E-state index is 12.1. The summed E-state index contributed by atoms with van der Waals surface area (Å²) in [5.74, 6) is 0.692. The molecule has 0 bridgehead atoms. The van der Waals surface area contributed by atoms with Crippen LogP contribution in [0.15, 0.2) is 40.9 Å². The number of nitrogens with one attached hydrogen (secondary N) is 1. The van der Waals surface area contributed by atoms with Gasteiger partial charge in [-0.05, 0) is 58.7 Å². The smallest absolute Gasteiger partial charge is 0.344 e. The second kappa shape index (κ2) is 9.84. The molecule has 7 nitrogen and oxygen atoms in total. The minimum Gasteiger partial charge on any atom is -0.486 e. The number of hydrogen-bond donors (Lipinski definition) is 1. The zero-order valence-electron chi connectivity index (χ0n) is 15.6. The second-order valence-corrected chi connectivity index (χ2v) is 7.51. The number of fused-ring (bicyclic) bond motifs is 1. The van der Waals surface area contributed by atoms with E-state index >= 15 is 0 Å². The van der Waals surface area contributed by atoms with Gasteiger partial charge in [0.2, 0.25) is 0 Å². The van der Waals surface area contributed by atoms with Crippen molar-refractivity contribution in [2.45, 2.75) is 13.0 Å². The number of ether oxygens (including phenoxy) is 4. The van der Waals surface area contributed by atoms with Crippen LogP contribution in [0.1, 0.15) is 18.5 Å². The van der Waals surface area contributed by atoms with Gasteiger partial charge in [0.1, 0.15) is 19.0 Å². The molecule has 1 amide bonds. The van der Waals surface area contributed by atoms with E-state index in [1.165, 1.54) is 0 Å². The van der Waals surface area contributed by atoms with Crippen LogP contribution >= 0.6 is 27.5 Å². The van der Waals surface area contributed by atoms with Gasteiger partial charge in [-0.25, -0.2) is 4.79 Å². The average Bonchev–Trinajstić information content (AvgIpc) is 2.71. The summed E-state index contributed by atoms with van der Waals surface area (Å²) < 4.78 is 21.9. The van der Waals surface area contributed by atoms with Gasteiger partial charge >= 0.3 is 5.97 Å². The van der Waals surface area contributed by atoms with Gasteiger partial charge in [0.15, 0.2) is 24.7 Å². The fourth-order valence-electron chi connectivity index (χ4n) is 2.61. The highest BCUT2D eigenvalue weighted by Crippen LogP contribution is 2.32. The first kappa shape index (κ1) is 21.3. The average molecular weight is 485 g/mol. The summed E-state index contributed by atoms with van der Waals surface area (Å²) in [7, 11) is 0. The molecule has 1 atom stereocenters. The molecule has 1 aliphatic rings. The Morgan fingerprint density at radius 3 is 2.66 bits per heavy atom. The Morgan fingerprint density at radius 2 is 1.90 bits per heavy atom. The number of esters is 1. The standard InChI is InChI=1S/C20H19BrClNO6/c1-12(13-2-4-17-18(8-13)27-7-6-26-17)23-19(24)10-29-20(25)11-28-16-5-3-14(22)9-15(16)21/h2-5,8-9,12H,6-7,10-11H2,1H3,(H,23,24). The van der Waals surface area contributed by atoms with E-state index in [4.69, 9.17) is 30.5 Å². The monoisotopic (exact) mass is 483 g/mol. The molecule has 0 fully saturated rings. The molecular weight excluding hydrogens is 466 g/mol. The molecule has 154 valence electrons. The zero-order chi connectivity index (χ0) is 20.8. The molecule has 0 radical (unpaired) electrons. The van der Waals surface area contributed by atoms with Crippen molar-refractivity contribution < 1.29 is 28.5 Å². The van der Waals surface area contributed by atoms with Crippen LogP contribution in [0.25, 0.3) is 0 Å². The molecule has 1 unspecified atom stereocenters. The Kier molecular flexibility index (Phi) is 7.22. The fourth-order valence-corrected chi connectivity index (χ4v) is 3.41. The van der Waals surface area contributed by atoms with Crippen LogP contribution in [0, 0.1) is 0 Å². The minimum absolute atomic E-state index is 0.293. The largest absolute Gasteiger partial charge is 0.486 e. The summed E-state index contributed by atoms with van der Waals surface area (Å²) in [6.45, 7) is 2.10. The van der Waals surface area contributed by atoms with Crippen LogP contribution in [-0.4, -0.2) is 38.3 Å². The van der Waals surface area contributed by atoms with E-state index in [1.54, 1.807) is 24.3 Å². The van der Waals surface area contributed by atoms with Crippen molar-refractivity contribution in [3.63, 3.8) is 0 Å². The van der Waals surface area contributed by atoms with Gasteiger partial charge in [0.25, 0.3) is 5.91 Å².